The first-order chi connectivity index (χ1) is 9.27. The van der Waals surface area contributed by atoms with E-state index in [1.54, 1.807) is 6.92 Å². The van der Waals surface area contributed by atoms with Gasteiger partial charge in [0.25, 0.3) is 5.69 Å². The monoisotopic (exact) mass is 366 g/mol. The first kappa shape index (κ1) is 17.0. The standard InChI is InChI=1S/C11H15BrN2O5S/c1-8(7-19-2)6-13-20(17,18)11-5-9(12)3-4-10(11)14(15)16/h3-5,8,13H,6-7H2,1-2H3. The van der Waals surface area contributed by atoms with Gasteiger partial charge < -0.3 is 4.74 Å². The molecule has 1 N–H and O–H groups in total. The van der Waals surface area contributed by atoms with E-state index in [1.807, 2.05) is 0 Å². The summed E-state index contributed by atoms with van der Waals surface area (Å²) in [6.07, 6.45) is 0. The molecule has 0 aliphatic heterocycles. The van der Waals surface area contributed by atoms with Gasteiger partial charge in [-0.25, -0.2) is 13.1 Å². The van der Waals surface area contributed by atoms with Crippen molar-refractivity contribution in [2.45, 2.75) is 11.8 Å². The van der Waals surface area contributed by atoms with Crippen molar-refractivity contribution < 1.29 is 18.1 Å². The number of hydrogen-bond acceptors (Lipinski definition) is 5. The number of nitro groups is 1. The third kappa shape index (κ3) is 4.51. The summed E-state index contributed by atoms with van der Waals surface area (Å²) in [5.41, 5.74) is -0.458. The first-order valence-corrected chi connectivity index (χ1v) is 7.98. The van der Waals surface area contributed by atoms with Crippen LogP contribution < -0.4 is 4.72 Å². The highest BCUT2D eigenvalue weighted by Gasteiger charge is 2.26. The van der Waals surface area contributed by atoms with Crippen LogP contribution in [-0.4, -0.2) is 33.6 Å². The number of rotatable bonds is 7. The molecule has 0 amide bonds. The Morgan fingerprint density at radius 3 is 2.70 bits per heavy atom. The lowest BCUT2D eigenvalue weighted by molar-refractivity contribution is -0.387. The Morgan fingerprint density at radius 2 is 2.15 bits per heavy atom. The zero-order valence-electron chi connectivity index (χ0n) is 11.0. The number of nitrogens with one attached hydrogen (secondary N) is 1. The molecule has 1 unspecified atom stereocenters. The maximum atomic E-state index is 12.1. The molecular weight excluding hydrogens is 352 g/mol. The molecular formula is C11H15BrN2O5S. The van der Waals surface area contributed by atoms with Crippen molar-refractivity contribution >= 4 is 31.6 Å². The summed E-state index contributed by atoms with van der Waals surface area (Å²) in [6.45, 7) is 2.34. The number of sulfonamides is 1. The van der Waals surface area contributed by atoms with Gasteiger partial charge in [0.2, 0.25) is 10.0 Å². The number of nitrogens with zero attached hydrogens (tertiary/aromatic N) is 1. The fraction of sp³-hybridized carbons (Fsp3) is 0.455. The smallest absolute Gasteiger partial charge is 0.289 e. The number of ether oxygens (including phenoxy) is 1. The van der Waals surface area contributed by atoms with Crippen LogP contribution in [0.3, 0.4) is 0 Å². The molecule has 9 heteroatoms. The van der Waals surface area contributed by atoms with Gasteiger partial charge in [-0.2, -0.15) is 0 Å². The van der Waals surface area contributed by atoms with Gasteiger partial charge in [0.05, 0.1) is 4.92 Å². The van der Waals surface area contributed by atoms with Gasteiger partial charge in [-0.15, -0.1) is 0 Å². The quantitative estimate of drug-likeness (QED) is 0.586. The van der Waals surface area contributed by atoms with E-state index in [4.69, 9.17) is 4.74 Å². The first-order valence-electron chi connectivity index (χ1n) is 5.70. The molecule has 0 saturated carbocycles. The van der Waals surface area contributed by atoms with Crippen LogP contribution in [0.25, 0.3) is 0 Å². The van der Waals surface area contributed by atoms with E-state index in [-0.39, 0.29) is 17.4 Å². The fourth-order valence-corrected chi connectivity index (χ4v) is 3.40. The Kier molecular flexibility index (Phi) is 6.06. The summed E-state index contributed by atoms with van der Waals surface area (Å²) in [5.74, 6) is -0.0408. The average Bonchev–Trinajstić information content (AvgIpc) is 2.36. The predicted molar refractivity (Wildman–Crippen MR) is 77.0 cm³/mol. The molecule has 0 aliphatic rings. The van der Waals surface area contributed by atoms with E-state index in [0.717, 1.165) is 6.07 Å². The van der Waals surface area contributed by atoms with Gasteiger partial charge in [-0.05, 0) is 18.1 Å². The van der Waals surface area contributed by atoms with Gasteiger partial charge in [-0.3, -0.25) is 10.1 Å². The van der Waals surface area contributed by atoms with E-state index < -0.39 is 20.6 Å². The van der Waals surface area contributed by atoms with Crippen molar-refractivity contribution in [3.8, 4) is 0 Å². The van der Waals surface area contributed by atoms with Gasteiger partial charge >= 0.3 is 0 Å². The minimum absolute atomic E-state index is 0.0408. The zero-order chi connectivity index (χ0) is 15.3. The Bertz CT molecular complexity index is 590. The van der Waals surface area contributed by atoms with Gasteiger partial charge in [0.15, 0.2) is 4.90 Å². The normalized spacial score (nSPS) is 13.2. The molecule has 0 aliphatic carbocycles. The van der Waals surface area contributed by atoms with Crippen LogP contribution in [0.1, 0.15) is 6.92 Å². The Labute approximate surface area is 125 Å². The van der Waals surface area contributed by atoms with Crippen molar-refractivity contribution in [2.24, 2.45) is 5.92 Å². The highest BCUT2D eigenvalue weighted by Crippen LogP contribution is 2.27. The number of nitro benzene ring substituents is 1. The molecule has 1 aromatic carbocycles. The predicted octanol–water partition coefficient (Wildman–Crippen LogP) is 1.92. The van der Waals surface area contributed by atoms with Gasteiger partial charge in [-0.1, -0.05) is 22.9 Å². The summed E-state index contributed by atoms with van der Waals surface area (Å²) in [5, 5.41) is 10.9. The number of benzene rings is 1. The third-order valence-corrected chi connectivity index (χ3v) is 4.43. The Hall–Kier alpha value is -1.03. The van der Waals surface area contributed by atoms with Crippen LogP contribution in [0.15, 0.2) is 27.6 Å². The van der Waals surface area contributed by atoms with Crippen LogP contribution >= 0.6 is 15.9 Å². The van der Waals surface area contributed by atoms with E-state index in [0.29, 0.717) is 11.1 Å². The lowest BCUT2D eigenvalue weighted by Gasteiger charge is -2.12. The number of hydrogen-bond donors (Lipinski definition) is 1. The minimum Gasteiger partial charge on any atom is -0.384 e. The van der Waals surface area contributed by atoms with Crippen molar-refractivity contribution in [1.82, 2.24) is 4.72 Å². The molecule has 0 fully saturated rings. The zero-order valence-corrected chi connectivity index (χ0v) is 13.4. The fourth-order valence-electron chi connectivity index (χ4n) is 1.53. The van der Waals surface area contributed by atoms with E-state index in [1.165, 1.54) is 19.2 Å². The van der Waals surface area contributed by atoms with Crippen LogP contribution in [0, 0.1) is 16.0 Å². The van der Waals surface area contributed by atoms with E-state index in [9.17, 15) is 18.5 Å². The van der Waals surface area contributed by atoms with E-state index in [2.05, 4.69) is 20.7 Å². The molecule has 0 spiro atoms. The Morgan fingerprint density at radius 1 is 1.50 bits per heavy atom. The molecule has 0 radical (unpaired) electrons. The second-order valence-corrected chi connectivity index (χ2v) is 6.93. The van der Waals surface area contributed by atoms with Crippen LogP contribution in [0.5, 0.6) is 0 Å². The molecule has 0 heterocycles. The molecule has 0 aromatic heterocycles. The van der Waals surface area contributed by atoms with Crippen molar-refractivity contribution in [1.29, 1.82) is 0 Å². The Balaban J connectivity index is 3.03. The minimum atomic E-state index is -3.95. The molecule has 7 nitrogen and oxygen atoms in total. The lowest BCUT2D eigenvalue weighted by atomic mass is 10.2. The van der Waals surface area contributed by atoms with Crippen molar-refractivity contribution in [3.63, 3.8) is 0 Å². The molecule has 0 bridgehead atoms. The summed E-state index contributed by atoms with van der Waals surface area (Å²) in [7, 11) is -2.43. The number of halogens is 1. The van der Waals surface area contributed by atoms with Gasteiger partial charge in [0, 0.05) is 30.8 Å². The summed E-state index contributed by atoms with van der Waals surface area (Å²) in [6, 6.07) is 3.78. The lowest BCUT2D eigenvalue weighted by Crippen LogP contribution is -2.30. The summed E-state index contributed by atoms with van der Waals surface area (Å²) in [4.78, 5) is 9.82. The van der Waals surface area contributed by atoms with E-state index >= 15 is 0 Å². The molecule has 0 saturated heterocycles. The number of methoxy groups -OCH3 is 1. The molecule has 1 rings (SSSR count). The second-order valence-electron chi connectivity index (χ2n) is 4.28. The summed E-state index contributed by atoms with van der Waals surface area (Å²) < 4.78 is 32.0. The average molecular weight is 367 g/mol. The highest BCUT2D eigenvalue weighted by atomic mass is 79.9. The molecule has 1 aromatic rings. The SMILES string of the molecule is COCC(C)CNS(=O)(=O)c1cc(Br)ccc1[N+](=O)[O-]. The van der Waals surface area contributed by atoms with Crippen LogP contribution in [0.4, 0.5) is 5.69 Å². The largest absolute Gasteiger partial charge is 0.384 e. The molecule has 20 heavy (non-hydrogen) atoms. The molecule has 112 valence electrons. The third-order valence-electron chi connectivity index (χ3n) is 2.48. The van der Waals surface area contributed by atoms with Crippen molar-refractivity contribution in [3.05, 3.63) is 32.8 Å². The topological polar surface area (TPSA) is 98.5 Å². The highest BCUT2D eigenvalue weighted by molar-refractivity contribution is 9.10. The van der Waals surface area contributed by atoms with Gasteiger partial charge in [0.1, 0.15) is 0 Å². The van der Waals surface area contributed by atoms with Crippen molar-refractivity contribution in [2.75, 3.05) is 20.3 Å². The maximum absolute atomic E-state index is 12.1. The summed E-state index contributed by atoms with van der Waals surface area (Å²) >= 11 is 3.11. The molecule has 1 atom stereocenters. The van der Waals surface area contributed by atoms with Crippen LogP contribution in [-0.2, 0) is 14.8 Å². The maximum Gasteiger partial charge on any atom is 0.289 e. The van der Waals surface area contributed by atoms with Crippen LogP contribution in [0.2, 0.25) is 0 Å². The second kappa shape index (κ2) is 7.11.